The van der Waals surface area contributed by atoms with Gasteiger partial charge in [0.05, 0.1) is 6.54 Å². The smallest absolute Gasteiger partial charge is 0.230 e. The Hall–Kier alpha value is -0.900. The Kier molecular flexibility index (Phi) is 4.59. The highest BCUT2D eigenvalue weighted by atomic mass is 16.4. The zero-order valence-electron chi connectivity index (χ0n) is 9.21. The van der Waals surface area contributed by atoms with Crippen molar-refractivity contribution >= 4 is 0 Å². The van der Waals surface area contributed by atoms with Crippen LogP contribution in [0.5, 0.6) is 0 Å². The number of aromatic nitrogens is 2. The van der Waals surface area contributed by atoms with E-state index in [1.165, 1.54) is 19.3 Å². The number of nitrogens with one attached hydrogen (secondary N) is 1. The number of hydrogen-bond donors (Lipinski definition) is 1. The molecule has 0 amide bonds. The molecular formula is C10H19N3O. The second-order valence-electron chi connectivity index (χ2n) is 3.64. The predicted molar refractivity (Wildman–Crippen MR) is 54.9 cm³/mol. The first-order valence-electron chi connectivity index (χ1n) is 5.24. The summed E-state index contributed by atoms with van der Waals surface area (Å²) in [6.07, 6.45) is 3.70. The summed E-state index contributed by atoms with van der Waals surface area (Å²) in [6.45, 7) is 6.86. The third-order valence-electron chi connectivity index (χ3n) is 2.16. The maximum absolute atomic E-state index is 5.25. The lowest BCUT2D eigenvalue weighted by Gasteiger charge is -2.10. The van der Waals surface area contributed by atoms with Gasteiger partial charge in [0.2, 0.25) is 11.8 Å². The van der Waals surface area contributed by atoms with Gasteiger partial charge >= 0.3 is 0 Å². The lowest BCUT2D eigenvalue weighted by atomic mass is 10.1. The molecule has 0 spiro atoms. The minimum Gasteiger partial charge on any atom is -0.424 e. The van der Waals surface area contributed by atoms with Crippen molar-refractivity contribution < 1.29 is 4.42 Å². The van der Waals surface area contributed by atoms with Gasteiger partial charge in [-0.3, -0.25) is 0 Å². The molecule has 0 bridgehead atoms. The van der Waals surface area contributed by atoms with E-state index >= 15 is 0 Å². The highest BCUT2D eigenvalue weighted by molar-refractivity contribution is 4.78. The molecule has 0 aliphatic heterocycles. The monoisotopic (exact) mass is 197 g/mol. The number of hydrogen-bond acceptors (Lipinski definition) is 4. The largest absolute Gasteiger partial charge is 0.424 e. The summed E-state index contributed by atoms with van der Waals surface area (Å²) >= 11 is 0. The molecular weight excluding hydrogens is 178 g/mol. The first kappa shape index (κ1) is 11.2. The Morgan fingerprint density at radius 3 is 2.79 bits per heavy atom. The van der Waals surface area contributed by atoms with E-state index in [0.29, 0.717) is 24.4 Å². The Morgan fingerprint density at radius 2 is 2.21 bits per heavy atom. The molecule has 0 aliphatic carbocycles. The lowest BCUT2D eigenvalue weighted by molar-refractivity contribution is 0.415. The quantitative estimate of drug-likeness (QED) is 0.758. The molecule has 0 aromatic carbocycles. The molecule has 1 rings (SSSR count). The summed E-state index contributed by atoms with van der Waals surface area (Å²) in [5, 5.41) is 11.0. The van der Waals surface area contributed by atoms with Crippen LogP contribution in [0.2, 0.25) is 0 Å². The average Bonchev–Trinajstić information content (AvgIpc) is 2.58. The van der Waals surface area contributed by atoms with Crippen LogP contribution in [0.4, 0.5) is 0 Å². The fourth-order valence-electron chi connectivity index (χ4n) is 1.28. The molecule has 0 saturated carbocycles. The molecule has 0 fully saturated rings. The number of aryl methyl sites for hydroxylation is 1. The Bertz CT molecular complexity index is 260. The van der Waals surface area contributed by atoms with E-state index in [1.54, 1.807) is 6.92 Å². The Labute approximate surface area is 85.1 Å². The highest BCUT2D eigenvalue weighted by Crippen LogP contribution is 2.02. The van der Waals surface area contributed by atoms with E-state index in [2.05, 4.69) is 29.4 Å². The van der Waals surface area contributed by atoms with E-state index < -0.39 is 0 Å². The van der Waals surface area contributed by atoms with Crippen molar-refractivity contribution in [3.05, 3.63) is 11.8 Å². The van der Waals surface area contributed by atoms with Crippen LogP contribution in [0.15, 0.2) is 4.42 Å². The summed E-state index contributed by atoms with van der Waals surface area (Å²) in [6, 6.07) is 0.516. The van der Waals surface area contributed by atoms with Crippen molar-refractivity contribution in [2.75, 3.05) is 0 Å². The van der Waals surface area contributed by atoms with Crippen LogP contribution in [0.1, 0.15) is 44.9 Å². The van der Waals surface area contributed by atoms with Crippen molar-refractivity contribution in [1.29, 1.82) is 0 Å². The normalized spacial score (nSPS) is 13.1. The summed E-state index contributed by atoms with van der Waals surface area (Å²) in [5.74, 6) is 1.30. The minimum atomic E-state index is 0.516. The molecule has 1 aromatic heterocycles. The summed E-state index contributed by atoms with van der Waals surface area (Å²) in [4.78, 5) is 0. The molecule has 1 unspecified atom stereocenters. The topological polar surface area (TPSA) is 51.0 Å². The lowest BCUT2D eigenvalue weighted by Crippen LogP contribution is -2.25. The van der Waals surface area contributed by atoms with Gasteiger partial charge in [0.15, 0.2) is 0 Å². The third kappa shape index (κ3) is 3.87. The zero-order chi connectivity index (χ0) is 10.4. The predicted octanol–water partition coefficient (Wildman–Crippen LogP) is 2.05. The second-order valence-corrected chi connectivity index (χ2v) is 3.64. The van der Waals surface area contributed by atoms with Crippen molar-refractivity contribution in [3.8, 4) is 0 Å². The molecule has 4 nitrogen and oxygen atoms in total. The van der Waals surface area contributed by atoms with Gasteiger partial charge in [-0.2, -0.15) is 0 Å². The maximum Gasteiger partial charge on any atom is 0.230 e. The maximum atomic E-state index is 5.25. The molecule has 1 N–H and O–H groups in total. The molecule has 0 aliphatic rings. The molecule has 0 radical (unpaired) electrons. The standard InChI is InChI=1S/C10H19N3O/c1-4-5-6-8(2)11-7-10-13-12-9(3)14-10/h8,11H,4-7H2,1-3H3. The van der Waals surface area contributed by atoms with Crippen LogP contribution >= 0.6 is 0 Å². The van der Waals surface area contributed by atoms with Crippen molar-refractivity contribution in [1.82, 2.24) is 15.5 Å². The van der Waals surface area contributed by atoms with Crippen molar-refractivity contribution in [2.24, 2.45) is 0 Å². The van der Waals surface area contributed by atoms with Crippen LogP contribution in [0.25, 0.3) is 0 Å². The van der Waals surface area contributed by atoms with Gasteiger partial charge < -0.3 is 9.73 Å². The van der Waals surface area contributed by atoms with Gasteiger partial charge in [-0.15, -0.1) is 10.2 Å². The molecule has 1 atom stereocenters. The minimum absolute atomic E-state index is 0.516. The highest BCUT2D eigenvalue weighted by Gasteiger charge is 2.04. The third-order valence-corrected chi connectivity index (χ3v) is 2.16. The van der Waals surface area contributed by atoms with E-state index in [0.717, 1.165) is 0 Å². The number of unbranched alkanes of at least 4 members (excludes halogenated alkanes) is 1. The van der Waals surface area contributed by atoms with Crippen LogP contribution in [-0.4, -0.2) is 16.2 Å². The van der Waals surface area contributed by atoms with Crippen LogP contribution in [0.3, 0.4) is 0 Å². The molecule has 4 heteroatoms. The number of rotatable bonds is 6. The van der Waals surface area contributed by atoms with Crippen LogP contribution < -0.4 is 5.32 Å². The SMILES string of the molecule is CCCCC(C)NCc1nnc(C)o1. The van der Waals surface area contributed by atoms with Gasteiger partial charge in [-0.25, -0.2) is 0 Å². The molecule has 1 aromatic rings. The fraction of sp³-hybridized carbons (Fsp3) is 0.800. The van der Waals surface area contributed by atoms with E-state index in [-0.39, 0.29) is 0 Å². The van der Waals surface area contributed by atoms with E-state index in [4.69, 9.17) is 4.42 Å². The average molecular weight is 197 g/mol. The summed E-state index contributed by atoms with van der Waals surface area (Å²) in [5.41, 5.74) is 0. The Balaban J connectivity index is 2.20. The van der Waals surface area contributed by atoms with Crippen LogP contribution in [-0.2, 0) is 6.54 Å². The van der Waals surface area contributed by atoms with E-state index in [9.17, 15) is 0 Å². The number of nitrogens with zero attached hydrogens (tertiary/aromatic N) is 2. The van der Waals surface area contributed by atoms with Gasteiger partial charge in [0, 0.05) is 13.0 Å². The second kappa shape index (κ2) is 5.75. The molecule has 0 saturated heterocycles. The van der Waals surface area contributed by atoms with Crippen LogP contribution in [0, 0.1) is 6.92 Å². The van der Waals surface area contributed by atoms with Gasteiger partial charge in [0.25, 0.3) is 0 Å². The molecule has 80 valence electrons. The van der Waals surface area contributed by atoms with Crippen molar-refractivity contribution in [2.45, 2.75) is 52.6 Å². The zero-order valence-corrected chi connectivity index (χ0v) is 9.21. The first-order valence-corrected chi connectivity index (χ1v) is 5.24. The summed E-state index contributed by atoms with van der Waals surface area (Å²) < 4.78 is 5.25. The van der Waals surface area contributed by atoms with Gasteiger partial charge in [-0.05, 0) is 13.3 Å². The van der Waals surface area contributed by atoms with Crippen molar-refractivity contribution in [3.63, 3.8) is 0 Å². The molecule has 14 heavy (non-hydrogen) atoms. The molecule has 1 heterocycles. The Morgan fingerprint density at radius 1 is 1.43 bits per heavy atom. The van der Waals surface area contributed by atoms with E-state index in [1.807, 2.05) is 0 Å². The van der Waals surface area contributed by atoms with Gasteiger partial charge in [0.1, 0.15) is 0 Å². The summed E-state index contributed by atoms with van der Waals surface area (Å²) in [7, 11) is 0. The van der Waals surface area contributed by atoms with Gasteiger partial charge in [-0.1, -0.05) is 19.8 Å². The fourth-order valence-corrected chi connectivity index (χ4v) is 1.28. The first-order chi connectivity index (χ1) is 6.72.